The summed E-state index contributed by atoms with van der Waals surface area (Å²) in [5, 5.41) is 5.39. The van der Waals surface area contributed by atoms with Crippen LogP contribution >= 0.6 is 11.3 Å². The van der Waals surface area contributed by atoms with Crippen molar-refractivity contribution in [3.63, 3.8) is 0 Å². The van der Waals surface area contributed by atoms with Crippen LogP contribution in [-0.2, 0) is 14.8 Å². The van der Waals surface area contributed by atoms with Gasteiger partial charge in [-0.3, -0.25) is 4.79 Å². The van der Waals surface area contributed by atoms with E-state index in [4.69, 9.17) is 4.74 Å². The molecule has 4 aromatic rings. The van der Waals surface area contributed by atoms with Crippen LogP contribution in [-0.4, -0.2) is 49.3 Å². The molecule has 8 nitrogen and oxygen atoms in total. The van der Waals surface area contributed by atoms with Crippen LogP contribution in [0, 0.1) is 0 Å². The molecule has 1 N–H and O–H groups in total. The first kappa shape index (κ1) is 21.9. The number of nitrogens with one attached hydrogen (secondary N) is 1. The zero-order valence-corrected chi connectivity index (χ0v) is 19.0. The van der Waals surface area contributed by atoms with Gasteiger partial charge in [-0.1, -0.05) is 36.4 Å². The number of hydrogen-bond acceptors (Lipinski definition) is 7. The molecule has 164 valence electrons. The lowest BCUT2D eigenvalue weighted by Crippen LogP contribution is -2.23. The normalized spacial score (nSPS) is 11.6. The van der Waals surface area contributed by atoms with E-state index in [-0.39, 0.29) is 11.5 Å². The van der Waals surface area contributed by atoms with Gasteiger partial charge in [-0.2, -0.15) is 0 Å². The Hall–Kier alpha value is -3.34. The Labute approximate surface area is 189 Å². The van der Waals surface area contributed by atoms with Gasteiger partial charge < -0.3 is 10.1 Å². The molecule has 32 heavy (non-hydrogen) atoms. The van der Waals surface area contributed by atoms with Crippen LogP contribution in [0.5, 0.6) is 5.88 Å². The van der Waals surface area contributed by atoms with Crippen LogP contribution in [0.15, 0.2) is 71.2 Å². The van der Waals surface area contributed by atoms with Crippen molar-refractivity contribution in [1.29, 1.82) is 0 Å². The van der Waals surface area contributed by atoms with Crippen molar-refractivity contribution in [3.05, 3.63) is 66.3 Å². The summed E-state index contributed by atoms with van der Waals surface area (Å²) in [5.74, 6) is -0.123. The highest BCUT2D eigenvalue weighted by atomic mass is 32.2. The van der Waals surface area contributed by atoms with Crippen LogP contribution in [0.4, 0.5) is 5.69 Å². The van der Waals surface area contributed by atoms with Crippen LogP contribution in [0.2, 0.25) is 0 Å². The summed E-state index contributed by atoms with van der Waals surface area (Å²) < 4.78 is 31.4. The van der Waals surface area contributed by atoms with Crippen molar-refractivity contribution in [1.82, 2.24) is 14.3 Å². The van der Waals surface area contributed by atoms with Crippen molar-refractivity contribution in [2.24, 2.45) is 0 Å². The number of rotatable bonds is 7. The predicted octanol–water partition coefficient (Wildman–Crippen LogP) is 3.63. The lowest BCUT2D eigenvalue weighted by atomic mass is 10.1. The highest BCUT2D eigenvalue weighted by Crippen LogP contribution is 2.37. The van der Waals surface area contributed by atoms with E-state index < -0.39 is 15.9 Å². The van der Waals surface area contributed by atoms with Gasteiger partial charge in [0.2, 0.25) is 15.9 Å². The molecule has 0 fully saturated rings. The first-order chi connectivity index (χ1) is 15.4. The maximum Gasteiger partial charge on any atom is 0.262 e. The van der Waals surface area contributed by atoms with Gasteiger partial charge in [-0.25, -0.2) is 22.7 Å². The summed E-state index contributed by atoms with van der Waals surface area (Å²) in [7, 11) is -0.706. The Kier molecular flexibility index (Phi) is 6.17. The fourth-order valence-electron chi connectivity index (χ4n) is 3.06. The minimum Gasteiger partial charge on any atom is -0.467 e. The smallest absolute Gasteiger partial charge is 0.262 e. The highest BCUT2D eigenvalue weighted by molar-refractivity contribution is 7.89. The van der Waals surface area contributed by atoms with Gasteiger partial charge in [0.1, 0.15) is 11.2 Å². The SMILES string of the molecule is CN(C)S(=O)(=O)c1cccc(NC(=O)COc2ncnc3scc(-c4ccccc4)c23)c1. The number of ether oxygens (including phenoxy) is 1. The Bertz CT molecular complexity index is 1370. The zero-order valence-electron chi connectivity index (χ0n) is 17.3. The molecule has 0 spiro atoms. The van der Waals surface area contributed by atoms with Gasteiger partial charge in [0, 0.05) is 30.7 Å². The maximum absolute atomic E-state index is 12.5. The lowest BCUT2D eigenvalue weighted by Gasteiger charge is -2.13. The Morgan fingerprint density at radius 3 is 2.62 bits per heavy atom. The summed E-state index contributed by atoms with van der Waals surface area (Å²) in [4.78, 5) is 21.8. The molecule has 0 saturated carbocycles. The number of nitrogens with zero attached hydrogens (tertiary/aromatic N) is 3. The molecule has 0 aliphatic heterocycles. The number of aromatic nitrogens is 2. The number of amides is 1. The fraction of sp³-hybridized carbons (Fsp3) is 0.136. The predicted molar refractivity (Wildman–Crippen MR) is 124 cm³/mol. The second-order valence-corrected chi connectivity index (χ2v) is 10.0. The maximum atomic E-state index is 12.5. The van der Waals surface area contributed by atoms with Gasteiger partial charge in [0.05, 0.1) is 10.3 Å². The summed E-state index contributed by atoms with van der Waals surface area (Å²) >= 11 is 1.47. The van der Waals surface area contributed by atoms with Gasteiger partial charge in [-0.15, -0.1) is 11.3 Å². The van der Waals surface area contributed by atoms with Crippen LogP contribution in [0.1, 0.15) is 0 Å². The van der Waals surface area contributed by atoms with Crippen molar-refractivity contribution in [3.8, 4) is 17.0 Å². The molecule has 10 heteroatoms. The molecule has 0 atom stereocenters. The third-order valence-corrected chi connectivity index (χ3v) is 7.35. The molecule has 2 heterocycles. The minimum atomic E-state index is -3.60. The zero-order chi connectivity index (χ0) is 22.7. The quantitative estimate of drug-likeness (QED) is 0.445. The molecule has 0 bridgehead atoms. The Morgan fingerprint density at radius 1 is 1.09 bits per heavy atom. The average molecular weight is 469 g/mol. The number of carbonyl (C=O) groups excluding carboxylic acids is 1. The standard InChI is InChI=1S/C22H20N4O4S2/c1-26(2)32(28,29)17-10-6-9-16(11-17)25-19(27)12-30-21-20-18(15-7-4-3-5-8-15)13-31-22(20)24-14-23-21/h3-11,13-14H,12H2,1-2H3,(H,25,27). The molecule has 0 radical (unpaired) electrons. The Morgan fingerprint density at radius 2 is 1.88 bits per heavy atom. The van der Waals surface area contributed by atoms with E-state index >= 15 is 0 Å². The molecule has 2 aromatic heterocycles. The van der Waals surface area contributed by atoms with Crippen LogP contribution in [0.25, 0.3) is 21.3 Å². The molecule has 4 rings (SSSR count). The van der Waals surface area contributed by atoms with Crippen molar-refractivity contribution in [2.75, 3.05) is 26.0 Å². The van der Waals surface area contributed by atoms with E-state index in [0.717, 1.165) is 25.6 Å². The van der Waals surface area contributed by atoms with Crippen molar-refractivity contribution < 1.29 is 17.9 Å². The fourth-order valence-corrected chi connectivity index (χ4v) is 4.92. The van der Waals surface area contributed by atoms with E-state index in [2.05, 4.69) is 15.3 Å². The van der Waals surface area contributed by atoms with Gasteiger partial charge in [-0.05, 0) is 23.8 Å². The average Bonchev–Trinajstić information content (AvgIpc) is 3.23. The Balaban J connectivity index is 1.51. The van der Waals surface area contributed by atoms with Crippen LogP contribution in [0.3, 0.4) is 0 Å². The summed E-state index contributed by atoms with van der Waals surface area (Å²) in [5.41, 5.74) is 2.29. The number of benzene rings is 2. The molecule has 0 saturated heterocycles. The van der Waals surface area contributed by atoms with E-state index in [1.54, 1.807) is 12.1 Å². The molecule has 0 unspecified atom stereocenters. The minimum absolute atomic E-state index is 0.0875. The number of thiophene rings is 1. The molecule has 0 aliphatic carbocycles. The second kappa shape index (κ2) is 9.03. The van der Waals surface area contributed by atoms with Gasteiger partial charge in [0.25, 0.3) is 5.91 Å². The third kappa shape index (κ3) is 4.47. The van der Waals surface area contributed by atoms with E-state index in [1.807, 2.05) is 35.7 Å². The monoisotopic (exact) mass is 468 g/mol. The number of fused-ring (bicyclic) bond motifs is 1. The van der Waals surface area contributed by atoms with Crippen LogP contribution < -0.4 is 10.1 Å². The highest BCUT2D eigenvalue weighted by Gasteiger charge is 2.18. The summed E-state index contributed by atoms with van der Waals surface area (Å²) in [6.45, 7) is -0.291. The van der Waals surface area contributed by atoms with Crippen molar-refractivity contribution in [2.45, 2.75) is 4.90 Å². The second-order valence-electron chi connectivity index (χ2n) is 7.03. The van der Waals surface area contributed by atoms with Gasteiger partial charge in [0.15, 0.2) is 6.61 Å². The molecular formula is C22H20N4O4S2. The number of hydrogen-bond donors (Lipinski definition) is 1. The molecule has 2 aromatic carbocycles. The first-order valence-corrected chi connectivity index (χ1v) is 11.9. The first-order valence-electron chi connectivity index (χ1n) is 9.59. The summed E-state index contributed by atoms with van der Waals surface area (Å²) in [6.07, 6.45) is 1.40. The third-order valence-electron chi connectivity index (χ3n) is 4.66. The molecule has 0 aliphatic rings. The van der Waals surface area contributed by atoms with Gasteiger partial charge >= 0.3 is 0 Å². The molecule has 1 amide bonds. The number of anilines is 1. The largest absolute Gasteiger partial charge is 0.467 e. The number of sulfonamides is 1. The van der Waals surface area contributed by atoms with E-state index in [0.29, 0.717) is 11.6 Å². The van der Waals surface area contributed by atoms with E-state index in [9.17, 15) is 13.2 Å². The molecular weight excluding hydrogens is 448 g/mol. The van der Waals surface area contributed by atoms with E-state index in [1.165, 1.54) is 43.9 Å². The topological polar surface area (TPSA) is 101 Å². The summed E-state index contributed by atoms with van der Waals surface area (Å²) in [6, 6.07) is 15.9. The van der Waals surface area contributed by atoms with Crippen molar-refractivity contribution >= 4 is 43.2 Å². The number of carbonyl (C=O) groups is 1. The lowest BCUT2D eigenvalue weighted by molar-refractivity contribution is -0.118.